The lowest BCUT2D eigenvalue weighted by Crippen LogP contribution is -2.36. The van der Waals surface area contributed by atoms with Crippen molar-refractivity contribution >= 4 is 5.97 Å². The topological polar surface area (TPSA) is 40.5 Å². The van der Waals surface area contributed by atoms with Gasteiger partial charge in [0, 0.05) is 0 Å². The predicted octanol–water partition coefficient (Wildman–Crippen LogP) is 2.57. The van der Waals surface area contributed by atoms with Crippen molar-refractivity contribution in [1.82, 2.24) is 4.90 Å². The predicted molar refractivity (Wildman–Crippen MR) is 72.0 cm³/mol. The second-order valence-electron chi connectivity index (χ2n) is 5.23. The highest BCUT2D eigenvalue weighted by atomic mass is 16.4. The van der Waals surface area contributed by atoms with Crippen LogP contribution < -0.4 is 0 Å². The van der Waals surface area contributed by atoms with Crippen LogP contribution in [0.4, 0.5) is 0 Å². The molecule has 1 aliphatic rings. The van der Waals surface area contributed by atoms with Crippen molar-refractivity contribution in [2.75, 3.05) is 19.6 Å². The molecule has 18 heavy (non-hydrogen) atoms. The zero-order valence-electron chi connectivity index (χ0n) is 11.1. The second kappa shape index (κ2) is 5.53. The van der Waals surface area contributed by atoms with Gasteiger partial charge >= 0.3 is 5.97 Å². The van der Waals surface area contributed by atoms with Crippen LogP contribution in [0.2, 0.25) is 0 Å². The third-order valence-electron chi connectivity index (χ3n) is 4.03. The number of carboxylic acids is 1. The Kier molecular flexibility index (Phi) is 4.02. The van der Waals surface area contributed by atoms with E-state index in [1.807, 2.05) is 4.90 Å². The van der Waals surface area contributed by atoms with Crippen molar-refractivity contribution < 1.29 is 9.90 Å². The minimum atomic E-state index is -0.722. The molecule has 1 heterocycles. The summed E-state index contributed by atoms with van der Waals surface area (Å²) in [5, 5.41) is 8.79. The summed E-state index contributed by atoms with van der Waals surface area (Å²) in [5.74, 6) is -0.130. The molecule has 0 spiro atoms. The van der Waals surface area contributed by atoms with Gasteiger partial charge in [-0.25, -0.2) is 0 Å². The van der Waals surface area contributed by atoms with E-state index in [1.54, 1.807) is 0 Å². The molecule has 1 saturated heterocycles. The molecule has 0 aliphatic carbocycles. The summed E-state index contributed by atoms with van der Waals surface area (Å²) < 4.78 is 0. The largest absolute Gasteiger partial charge is 0.480 e. The van der Waals surface area contributed by atoms with Crippen LogP contribution in [0.25, 0.3) is 0 Å². The molecular weight excluding hydrogens is 226 g/mol. The van der Waals surface area contributed by atoms with Crippen LogP contribution in [-0.2, 0) is 4.79 Å². The summed E-state index contributed by atoms with van der Waals surface area (Å²) in [4.78, 5) is 12.7. The highest BCUT2D eigenvalue weighted by molar-refractivity contribution is 5.69. The average Bonchev–Trinajstić information content (AvgIpc) is 2.33. The molecular formula is C15H21NO2. The maximum atomic E-state index is 10.7. The van der Waals surface area contributed by atoms with Gasteiger partial charge in [-0.1, -0.05) is 18.2 Å². The van der Waals surface area contributed by atoms with Gasteiger partial charge in [0.15, 0.2) is 0 Å². The second-order valence-corrected chi connectivity index (χ2v) is 5.23. The van der Waals surface area contributed by atoms with Crippen molar-refractivity contribution in [2.24, 2.45) is 0 Å². The number of carbonyl (C=O) groups is 1. The molecule has 1 fully saturated rings. The molecule has 1 aromatic rings. The number of hydrogen-bond donors (Lipinski definition) is 1. The van der Waals surface area contributed by atoms with Crippen LogP contribution >= 0.6 is 0 Å². The Balaban J connectivity index is 2.01. The Morgan fingerprint density at radius 3 is 2.61 bits per heavy atom. The SMILES string of the molecule is Cc1cccc(C2CCN(CC(=O)O)CC2)c1C. The molecule has 0 atom stereocenters. The number of aliphatic carboxylic acids is 1. The van der Waals surface area contributed by atoms with E-state index >= 15 is 0 Å². The van der Waals surface area contributed by atoms with Crippen molar-refractivity contribution in [1.29, 1.82) is 0 Å². The van der Waals surface area contributed by atoms with Gasteiger partial charge in [0.05, 0.1) is 6.54 Å². The van der Waals surface area contributed by atoms with Crippen LogP contribution in [0.1, 0.15) is 35.4 Å². The Morgan fingerprint density at radius 1 is 1.33 bits per heavy atom. The molecule has 1 aliphatic heterocycles. The zero-order valence-corrected chi connectivity index (χ0v) is 11.1. The number of aryl methyl sites for hydroxylation is 1. The van der Waals surface area contributed by atoms with Crippen LogP contribution in [0.15, 0.2) is 18.2 Å². The van der Waals surface area contributed by atoms with Crippen LogP contribution in [0.5, 0.6) is 0 Å². The van der Waals surface area contributed by atoms with Gasteiger partial charge in [0.2, 0.25) is 0 Å². The molecule has 0 amide bonds. The molecule has 98 valence electrons. The lowest BCUT2D eigenvalue weighted by molar-refractivity contribution is -0.138. The summed E-state index contributed by atoms with van der Waals surface area (Å²) in [7, 11) is 0. The van der Waals surface area contributed by atoms with E-state index in [2.05, 4.69) is 32.0 Å². The lowest BCUT2D eigenvalue weighted by Gasteiger charge is -2.32. The first kappa shape index (κ1) is 13.1. The zero-order chi connectivity index (χ0) is 13.1. The molecule has 0 saturated carbocycles. The monoisotopic (exact) mass is 247 g/mol. The number of likely N-dealkylation sites (tertiary alicyclic amines) is 1. The number of nitrogens with zero attached hydrogens (tertiary/aromatic N) is 1. The van der Waals surface area contributed by atoms with Crippen LogP contribution in [0, 0.1) is 13.8 Å². The first-order valence-corrected chi connectivity index (χ1v) is 6.58. The smallest absolute Gasteiger partial charge is 0.317 e. The third kappa shape index (κ3) is 2.91. The Bertz CT molecular complexity index is 434. The van der Waals surface area contributed by atoms with Crippen LogP contribution in [-0.4, -0.2) is 35.6 Å². The highest BCUT2D eigenvalue weighted by Crippen LogP contribution is 2.31. The van der Waals surface area contributed by atoms with Gasteiger partial charge in [0.1, 0.15) is 0 Å². The van der Waals surface area contributed by atoms with E-state index in [0.717, 1.165) is 25.9 Å². The third-order valence-corrected chi connectivity index (χ3v) is 4.03. The summed E-state index contributed by atoms with van der Waals surface area (Å²) in [6.07, 6.45) is 2.13. The van der Waals surface area contributed by atoms with E-state index in [0.29, 0.717) is 5.92 Å². The van der Waals surface area contributed by atoms with E-state index < -0.39 is 5.97 Å². The molecule has 0 unspecified atom stereocenters. The van der Waals surface area contributed by atoms with Crippen molar-refractivity contribution in [3.63, 3.8) is 0 Å². The number of rotatable bonds is 3. The van der Waals surface area contributed by atoms with Crippen molar-refractivity contribution in [3.8, 4) is 0 Å². The van der Waals surface area contributed by atoms with Crippen LogP contribution in [0.3, 0.4) is 0 Å². The Hall–Kier alpha value is -1.35. The summed E-state index contributed by atoms with van der Waals surface area (Å²) in [5.41, 5.74) is 4.19. The number of carboxylic acid groups (broad SMARTS) is 1. The minimum Gasteiger partial charge on any atom is -0.480 e. The Morgan fingerprint density at radius 2 is 2.00 bits per heavy atom. The van der Waals surface area contributed by atoms with Gasteiger partial charge < -0.3 is 5.11 Å². The van der Waals surface area contributed by atoms with Crippen molar-refractivity contribution in [3.05, 3.63) is 34.9 Å². The number of piperidine rings is 1. The fourth-order valence-corrected chi connectivity index (χ4v) is 2.81. The normalized spacial score (nSPS) is 17.9. The van der Waals surface area contributed by atoms with Gasteiger partial charge in [0.25, 0.3) is 0 Å². The Labute approximate surface area is 108 Å². The molecule has 0 radical (unpaired) electrons. The van der Waals surface area contributed by atoms with E-state index in [9.17, 15) is 4.79 Å². The lowest BCUT2D eigenvalue weighted by atomic mass is 9.85. The van der Waals surface area contributed by atoms with E-state index in [1.165, 1.54) is 16.7 Å². The number of benzene rings is 1. The summed E-state index contributed by atoms with van der Waals surface area (Å²) >= 11 is 0. The molecule has 3 nitrogen and oxygen atoms in total. The maximum absolute atomic E-state index is 10.7. The maximum Gasteiger partial charge on any atom is 0.317 e. The molecule has 3 heteroatoms. The summed E-state index contributed by atoms with van der Waals surface area (Å²) in [6, 6.07) is 6.50. The highest BCUT2D eigenvalue weighted by Gasteiger charge is 2.22. The molecule has 1 aromatic carbocycles. The molecule has 0 aromatic heterocycles. The molecule has 0 bridgehead atoms. The first-order chi connectivity index (χ1) is 8.58. The van der Waals surface area contributed by atoms with Gasteiger partial charge in [-0.15, -0.1) is 0 Å². The number of hydrogen-bond acceptors (Lipinski definition) is 2. The van der Waals surface area contributed by atoms with Gasteiger partial charge in [-0.2, -0.15) is 0 Å². The van der Waals surface area contributed by atoms with Gasteiger partial charge in [-0.05, 0) is 62.4 Å². The molecule has 1 N–H and O–H groups in total. The minimum absolute atomic E-state index is 0.180. The molecule has 2 rings (SSSR count). The van der Waals surface area contributed by atoms with Gasteiger partial charge in [-0.3, -0.25) is 9.69 Å². The fraction of sp³-hybridized carbons (Fsp3) is 0.533. The van der Waals surface area contributed by atoms with Crippen molar-refractivity contribution in [2.45, 2.75) is 32.6 Å². The van der Waals surface area contributed by atoms with E-state index in [-0.39, 0.29) is 6.54 Å². The standard InChI is InChI=1S/C15H21NO2/c1-11-4-3-5-14(12(11)2)13-6-8-16(9-7-13)10-15(17)18/h3-5,13H,6-10H2,1-2H3,(H,17,18). The average molecular weight is 247 g/mol. The summed E-state index contributed by atoms with van der Waals surface area (Å²) in [6.45, 7) is 6.31. The van der Waals surface area contributed by atoms with E-state index in [4.69, 9.17) is 5.11 Å². The fourth-order valence-electron chi connectivity index (χ4n) is 2.81. The first-order valence-electron chi connectivity index (χ1n) is 6.58. The quantitative estimate of drug-likeness (QED) is 0.892.